The lowest BCUT2D eigenvalue weighted by Gasteiger charge is -2.02. The molecule has 0 amide bonds. The van der Waals surface area contributed by atoms with Gasteiger partial charge >= 0.3 is 0 Å². The molecule has 2 aliphatic rings. The minimum atomic E-state index is 1.34. The van der Waals surface area contributed by atoms with E-state index in [2.05, 4.69) is 59.7 Å². The highest BCUT2D eigenvalue weighted by molar-refractivity contribution is 8.00. The molecule has 0 N–H and O–H groups in total. The first kappa shape index (κ1) is 13.1. The van der Waals surface area contributed by atoms with E-state index in [4.69, 9.17) is 0 Å². The van der Waals surface area contributed by atoms with Crippen LogP contribution < -0.4 is 0 Å². The predicted molar refractivity (Wildman–Crippen MR) is 89.9 cm³/mol. The Morgan fingerprint density at radius 1 is 0.842 bits per heavy atom. The van der Waals surface area contributed by atoms with Crippen LogP contribution in [0.25, 0.3) is 22.3 Å². The summed E-state index contributed by atoms with van der Waals surface area (Å²) in [6.45, 7) is 0. The van der Waals surface area contributed by atoms with Crippen LogP contribution in [0.3, 0.4) is 0 Å². The van der Waals surface area contributed by atoms with Gasteiger partial charge in [0, 0.05) is 15.4 Å². The summed E-state index contributed by atoms with van der Waals surface area (Å²) in [6.07, 6.45) is 4.34. The van der Waals surface area contributed by atoms with Crippen molar-refractivity contribution in [1.29, 1.82) is 0 Å². The van der Waals surface area contributed by atoms with Gasteiger partial charge in [-0.3, -0.25) is 0 Å². The van der Waals surface area contributed by atoms with Crippen LogP contribution in [0, 0.1) is 0 Å². The maximum atomic E-state index is 2.24. The van der Waals surface area contributed by atoms with Crippen LogP contribution >= 0.6 is 34.9 Å². The summed E-state index contributed by atoms with van der Waals surface area (Å²) in [4.78, 5) is 2.79. The highest BCUT2D eigenvalue weighted by Crippen LogP contribution is 2.50. The molecule has 19 heavy (non-hydrogen) atoms. The van der Waals surface area contributed by atoms with Gasteiger partial charge in [-0.05, 0) is 46.0 Å². The van der Waals surface area contributed by atoms with Crippen molar-refractivity contribution in [3.8, 4) is 22.3 Å². The lowest BCUT2D eigenvalue weighted by atomic mass is 10.2. The number of hydrogen-bond donors (Lipinski definition) is 0. The zero-order chi connectivity index (χ0) is 13.2. The first-order chi connectivity index (χ1) is 9.36. The Bertz CT molecular complexity index is 617. The minimum absolute atomic E-state index is 1.34. The van der Waals surface area contributed by atoms with Crippen LogP contribution in [0.1, 0.15) is 0 Å². The molecule has 3 rings (SSSR count). The Hall–Kier alpha value is -0.900. The Labute approximate surface area is 126 Å². The fourth-order valence-electron chi connectivity index (χ4n) is 2.41. The van der Waals surface area contributed by atoms with Crippen molar-refractivity contribution in [1.82, 2.24) is 0 Å². The van der Waals surface area contributed by atoms with Crippen molar-refractivity contribution in [3.63, 3.8) is 0 Å². The molecule has 1 aromatic rings. The zero-order valence-corrected chi connectivity index (χ0v) is 13.3. The molecule has 2 aliphatic carbocycles. The van der Waals surface area contributed by atoms with E-state index in [1.807, 2.05) is 23.5 Å². The fourth-order valence-corrected chi connectivity index (χ4v) is 4.76. The Morgan fingerprint density at radius 3 is 1.95 bits per heavy atom. The summed E-state index contributed by atoms with van der Waals surface area (Å²) in [5, 5.41) is 4.40. The van der Waals surface area contributed by atoms with E-state index >= 15 is 0 Å². The number of rotatable bonds is 3. The van der Waals surface area contributed by atoms with E-state index in [0.717, 1.165) is 0 Å². The molecule has 0 fully saturated rings. The van der Waals surface area contributed by atoms with Crippen molar-refractivity contribution in [3.05, 3.63) is 47.2 Å². The standard InChI is InChI=1S/C16H14S3/c1-17-15-12-6-4-3-5-7-13(12)16(18-2)14(15)11-8-9-19-10-11/h3-10H,1-2H3. The highest BCUT2D eigenvalue weighted by Gasteiger charge is 2.22. The van der Waals surface area contributed by atoms with Crippen LogP contribution in [0.2, 0.25) is 0 Å². The SMILES string of the molecule is CSc1c2cccccc-2c(SC)c1-c1ccsc1. The van der Waals surface area contributed by atoms with Crippen molar-refractivity contribution in [2.45, 2.75) is 9.79 Å². The minimum Gasteiger partial charge on any atom is -0.152 e. The molecular formula is C16H14S3. The number of fused-ring (bicyclic) bond motifs is 1. The molecule has 0 radical (unpaired) electrons. The summed E-state index contributed by atoms with van der Waals surface area (Å²) >= 11 is 5.45. The van der Waals surface area contributed by atoms with Gasteiger partial charge in [-0.2, -0.15) is 11.3 Å². The van der Waals surface area contributed by atoms with E-state index in [-0.39, 0.29) is 0 Å². The monoisotopic (exact) mass is 302 g/mol. The van der Waals surface area contributed by atoms with E-state index in [1.165, 1.54) is 32.0 Å². The average molecular weight is 302 g/mol. The molecule has 0 aromatic carbocycles. The summed E-state index contributed by atoms with van der Waals surface area (Å²) in [5.41, 5.74) is 5.48. The first-order valence-corrected chi connectivity index (χ1v) is 9.41. The quantitative estimate of drug-likeness (QED) is 0.547. The third kappa shape index (κ3) is 2.20. The largest absolute Gasteiger partial charge is 0.152 e. The third-order valence-corrected chi connectivity index (χ3v) is 5.55. The molecule has 0 unspecified atom stereocenters. The molecule has 0 atom stereocenters. The van der Waals surface area contributed by atoms with Gasteiger partial charge in [0.05, 0.1) is 0 Å². The molecule has 1 aromatic heterocycles. The van der Waals surface area contributed by atoms with Crippen LogP contribution in [0.4, 0.5) is 0 Å². The summed E-state index contributed by atoms with van der Waals surface area (Å²) < 4.78 is 0. The Balaban J connectivity index is 2.39. The number of thioether (sulfide) groups is 2. The van der Waals surface area contributed by atoms with Crippen molar-refractivity contribution in [2.24, 2.45) is 0 Å². The van der Waals surface area contributed by atoms with Crippen LogP contribution in [-0.2, 0) is 0 Å². The van der Waals surface area contributed by atoms with Crippen LogP contribution in [-0.4, -0.2) is 12.5 Å². The van der Waals surface area contributed by atoms with Gasteiger partial charge in [0.2, 0.25) is 0 Å². The molecule has 0 spiro atoms. The normalized spacial score (nSPS) is 11.1. The highest BCUT2D eigenvalue weighted by atomic mass is 32.2. The van der Waals surface area contributed by atoms with E-state index < -0.39 is 0 Å². The number of thiophene rings is 1. The lowest BCUT2D eigenvalue weighted by molar-refractivity contribution is 1.50. The lowest BCUT2D eigenvalue weighted by Crippen LogP contribution is -1.75. The van der Waals surface area contributed by atoms with Crippen LogP contribution in [0.15, 0.2) is 56.9 Å². The topological polar surface area (TPSA) is 0 Å². The van der Waals surface area contributed by atoms with Gasteiger partial charge in [0.15, 0.2) is 0 Å². The smallest absolute Gasteiger partial charge is 0.0238 e. The maximum absolute atomic E-state index is 2.24. The summed E-state index contributed by atoms with van der Waals surface area (Å²) in [6, 6.07) is 13.0. The van der Waals surface area contributed by atoms with Gasteiger partial charge in [-0.15, -0.1) is 23.5 Å². The van der Waals surface area contributed by atoms with Crippen molar-refractivity contribution < 1.29 is 0 Å². The van der Waals surface area contributed by atoms with Crippen molar-refractivity contribution in [2.75, 3.05) is 12.5 Å². The van der Waals surface area contributed by atoms with E-state index in [0.29, 0.717) is 0 Å². The maximum Gasteiger partial charge on any atom is 0.0238 e. The third-order valence-electron chi connectivity index (χ3n) is 3.20. The molecular weight excluding hydrogens is 288 g/mol. The molecule has 0 nitrogen and oxygen atoms in total. The molecule has 0 aliphatic heterocycles. The number of hydrogen-bond acceptors (Lipinski definition) is 3. The van der Waals surface area contributed by atoms with Crippen molar-refractivity contribution >= 4 is 34.9 Å². The van der Waals surface area contributed by atoms with Gasteiger partial charge in [0.1, 0.15) is 0 Å². The summed E-state index contributed by atoms with van der Waals surface area (Å²) in [7, 11) is 0. The average Bonchev–Trinajstić information content (AvgIpc) is 2.98. The van der Waals surface area contributed by atoms with Gasteiger partial charge in [0.25, 0.3) is 0 Å². The molecule has 3 heteroatoms. The summed E-state index contributed by atoms with van der Waals surface area (Å²) in [5.74, 6) is 0. The molecule has 1 heterocycles. The second-order valence-corrected chi connectivity index (χ2v) is 6.60. The zero-order valence-electron chi connectivity index (χ0n) is 10.8. The second kappa shape index (κ2) is 5.61. The van der Waals surface area contributed by atoms with Gasteiger partial charge in [-0.1, -0.05) is 30.3 Å². The molecule has 0 bridgehead atoms. The second-order valence-electron chi connectivity index (χ2n) is 4.19. The molecule has 96 valence electrons. The Kier molecular flexibility index (Phi) is 3.87. The first-order valence-electron chi connectivity index (χ1n) is 6.02. The van der Waals surface area contributed by atoms with Gasteiger partial charge in [-0.25, -0.2) is 0 Å². The molecule has 0 saturated carbocycles. The van der Waals surface area contributed by atoms with E-state index in [9.17, 15) is 0 Å². The molecule has 0 saturated heterocycles. The van der Waals surface area contributed by atoms with E-state index in [1.54, 1.807) is 11.3 Å². The van der Waals surface area contributed by atoms with Crippen LogP contribution in [0.5, 0.6) is 0 Å². The Morgan fingerprint density at radius 2 is 1.47 bits per heavy atom. The fraction of sp³-hybridized carbons (Fsp3) is 0.125. The van der Waals surface area contributed by atoms with Gasteiger partial charge < -0.3 is 0 Å². The predicted octanol–water partition coefficient (Wildman–Crippen LogP) is 5.96.